The minimum atomic E-state index is -0.778. The Hall–Kier alpha value is -1.04. The first-order valence-corrected chi connectivity index (χ1v) is 7.91. The summed E-state index contributed by atoms with van der Waals surface area (Å²) in [6.45, 7) is 4.79. The molecule has 1 amide bonds. The van der Waals surface area contributed by atoms with Gasteiger partial charge in [-0.25, -0.2) is 0 Å². The van der Waals surface area contributed by atoms with Gasteiger partial charge in [0.15, 0.2) is 0 Å². The Balaban J connectivity index is 2.19. The Morgan fingerprint density at radius 2 is 1.84 bits per heavy atom. The molecule has 1 saturated heterocycles. The molecule has 0 aromatic rings. The van der Waals surface area contributed by atoms with E-state index in [1.165, 1.54) is 25.7 Å². The molecule has 0 aromatic heterocycles. The molecule has 2 aliphatic rings. The second-order valence-electron chi connectivity index (χ2n) is 6.15. The van der Waals surface area contributed by atoms with Gasteiger partial charge in [0.05, 0.1) is 6.07 Å². The van der Waals surface area contributed by atoms with Crippen LogP contribution in [-0.2, 0) is 4.79 Å². The zero-order chi connectivity index (χ0) is 13.9. The summed E-state index contributed by atoms with van der Waals surface area (Å²) in [5.74, 6) is 0.799. The molecule has 0 spiro atoms. The van der Waals surface area contributed by atoms with Gasteiger partial charge in [-0.2, -0.15) is 5.26 Å². The molecule has 106 valence electrons. The van der Waals surface area contributed by atoms with E-state index in [0.29, 0.717) is 24.8 Å². The molecular weight excluding hydrogens is 236 g/mol. The van der Waals surface area contributed by atoms with Crippen LogP contribution >= 0.6 is 0 Å². The highest BCUT2D eigenvalue weighted by Crippen LogP contribution is 2.38. The van der Waals surface area contributed by atoms with E-state index in [4.69, 9.17) is 0 Å². The highest BCUT2D eigenvalue weighted by atomic mass is 16.2. The summed E-state index contributed by atoms with van der Waals surface area (Å²) in [4.78, 5) is 14.9. The first kappa shape index (κ1) is 14.4. The first-order chi connectivity index (χ1) is 9.18. The summed E-state index contributed by atoms with van der Waals surface area (Å²) in [5.41, 5.74) is -0.778. The quantitative estimate of drug-likeness (QED) is 0.781. The van der Waals surface area contributed by atoms with Crippen LogP contribution in [0, 0.1) is 22.7 Å². The molecule has 1 aliphatic heterocycles. The number of amides is 1. The van der Waals surface area contributed by atoms with Crippen molar-refractivity contribution in [2.45, 2.75) is 71.3 Å². The van der Waals surface area contributed by atoms with E-state index < -0.39 is 5.41 Å². The smallest absolute Gasteiger partial charge is 0.243 e. The fourth-order valence-corrected chi connectivity index (χ4v) is 3.91. The van der Waals surface area contributed by atoms with Crippen molar-refractivity contribution in [2.24, 2.45) is 11.3 Å². The second-order valence-corrected chi connectivity index (χ2v) is 6.15. The molecule has 0 radical (unpaired) electrons. The molecule has 3 nitrogen and oxygen atoms in total. The Kier molecular flexibility index (Phi) is 4.50. The van der Waals surface area contributed by atoms with Crippen LogP contribution in [0.15, 0.2) is 0 Å². The Morgan fingerprint density at radius 3 is 2.47 bits per heavy atom. The van der Waals surface area contributed by atoms with E-state index in [1.807, 2.05) is 13.8 Å². The molecule has 0 bridgehead atoms. The zero-order valence-corrected chi connectivity index (χ0v) is 12.3. The monoisotopic (exact) mass is 262 g/mol. The fraction of sp³-hybridized carbons (Fsp3) is 0.875. The van der Waals surface area contributed by atoms with Crippen LogP contribution in [0.4, 0.5) is 0 Å². The number of fused-ring (bicyclic) bond motifs is 1. The summed E-state index contributed by atoms with van der Waals surface area (Å²) in [6.07, 6.45) is 8.61. The van der Waals surface area contributed by atoms with Crippen LogP contribution in [0.1, 0.15) is 65.2 Å². The highest BCUT2D eigenvalue weighted by molar-refractivity contribution is 5.85. The van der Waals surface area contributed by atoms with Gasteiger partial charge in [-0.1, -0.05) is 26.7 Å². The Morgan fingerprint density at radius 1 is 1.21 bits per heavy atom. The molecule has 19 heavy (non-hydrogen) atoms. The van der Waals surface area contributed by atoms with Crippen LogP contribution in [0.25, 0.3) is 0 Å². The van der Waals surface area contributed by atoms with Crippen molar-refractivity contribution in [1.82, 2.24) is 4.90 Å². The average Bonchev–Trinajstić information content (AvgIpc) is 2.49. The number of likely N-dealkylation sites (tertiary alicyclic amines) is 1. The number of piperidine rings is 1. The van der Waals surface area contributed by atoms with E-state index in [-0.39, 0.29) is 5.91 Å². The summed E-state index contributed by atoms with van der Waals surface area (Å²) in [5, 5.41) is 9.48. The van der Waals surface area contributed by atoms with Gasteiger partial charge in [-0.05, 0) is 44.4 Å². The van der Waals surface area contributed by atoms with Gasteiger partial charge in [0, 0.05) is 12.6 Å². The minimum Gasteiger partial charge on any atom is -0.338 e. The summed E-state index contributed by atoms with van der Waals surface area (Å²) < 4.78 is 0. The highest BCUT2D eigenvalue weighted by Gasteiger charge is 2.44. The maximum atomic E-state index is 12.9. The van der Waals surface area contributed by atoms with Crippen molar-refractivity contribution < 1.29 is 4.79 Å². The third kappa shape index (κ3) is 2.50. The molecule has 0 unspecified atom stereocenters. The number of rotatable bonds is 3. The molecule has 2 fully saturated rings. The number of nitriles is 1. The lowest BCUT2D eigenvalue weighted by atomic mass is 9.75. The van der Waals surface area contributed by atoms with E-state index in [1.54, 1.807) is 0 Å². The lowest BCUT2D eigenvalue weighted by Gasteiger charge is -2.46. The zero-order valence-electron chi connectivity index (χ0n) is 12.3. The largest absolute Gasteiger partial charge is 0.338 e. The van der Waals surface area contributed by atoms with E-state index >= 15 is 0 Å². The predicted molar refractivity (Wildman–Crippen MR) is 75.3 cm³/mol. The number of carbonyl (C=O) groups excluding carboxylic acids is 1. The molecule has 2 rings (SSSR count). The molecule has 1 aliphatic carbocycles. The van der Waals surface area contributed by atoms with E-state index in [9.17, 15) is 10.1 Å². The minimum absolute atomic E-state index is 0.108. The molecule has 0 aromatic carbocycles. The summed E-state index contributed by atoms with van der Waals surface area (Å²) in [6, 6.07) is 2.73. The van der Waals surface area contributed by atoms with Crippen molar-refractivity contribution in [3.05, 3.63) is 0 Å². The van der Waals surface area contributed by atoms with Crippen LogP contribution in [0.3, 0.4) is 0 Å². The summed E-state index contributed by atoms with van der Waals surface area (Å²) >= 11 is 0. The van der Waals surface area contributed by atoms with Crippen molar-refractivity contribution in [2.75, 3.05) is 6.54 Å². The summed E-state index contributed by atoms with van der Waals surface area (Å²) in [7, 11) is 0. The SMILES string of the molecule is CCC(C#N)(CC)C(=O)N1CCC[C@H]2CCCC[C@H]21. The van der Waals surface area contributed by atoms with Gasteiger partial charge in [-0.15, -0.1) is 0 Å². The average molecular weight is 262 g/mol. The number of carbonyl (C=O) groups is 1. The maximum absolute atomic E-state index is 12.9. The van der Waals surface area contributed by atoms with Crippen molar-refractivity contribution >= 4 is 5.91 Å². The third-order valence-corrected chi connectivity index (χ3v) is 5.33. The van der Waals surface area contributed by atoms with Gasteiger partial charge < -0.3 is 4.90 Å². The number of hydrogen-bond acceptors (Lipinski definition) is 2. The van der Waals surface area contributed by atoms with E-state index in [2.05, 4.69) is 11.0 Å². The fourth-order valence-electron chi connectivity index (χ4n) is 3.91. The lowest BCUT2D eigenvalue weighted by Crippen LogP contribution is -2.54. The molecule has 3 heteroatoms. The van der Waals surface area contributed by atoms with Crippen molar-refractivity contribution in [3.63, 3.8) is 0 Å². The Bertz CT molecular complexity index is 365. The first-order valence-electron chi connectivity index (χ1n) is 7.91. The lowest BCUT2D eigenvalue weighted by molar-refractivity contribution is -0.146. The van der Waals surface area contributed by atoms with Crippen molar-refractivity contribution in [3.8, 4) is 6.07 Å². The molecule has 0 N–H and O–H groups in total. The number of hydrogen-bond donors (Lipinski definition) is 0. The van der Waals surface area contributed by atoms with Crippen LogP contribution < -0.4 is 0 Å². The predicted octanol–water partition coefficient (Wildman–Crippen LogP) is 3.50. The van der Waals surface area contributed by atoms with Crippen LogP contribution in [0.5, 0.6) is 0 Å². The van der Waals surface area contributed by atoms with Crippen LogP contribution in [0.2, 0.25) is 0 Å². The van der Waals surface area contributed by atoms with Gasteiger partial charge in [0.25, 0.3) is 0 Å². The van der Waals surface area contributed by atoms with Gasteiger partial charge in [0.2, 0.25) is 5.91 Å². The maximum Gasteiger partial charge on any atom is 0.243 e. The molecule has 2 atom stereocenters. The molecule has 1 saturated carbocycles. The topological polar surface area (TPSA) is 44.1 Å². The van der Waals surface area contributed by atoms with Gasteiger partial charge in [-0.3, -0.25) is 4.79 Å². The van der Waals surface area contributed by atoms with Crippen molar-refractivity contribution in [1.29, 1.82) is 5.26 Å². The molecular formula is C16H26N2O. The van der Waals surface area contributed by atoms with Crippen LogP contribution in [-0.4, -0.2) is 23.4 Å². The van der Waals surface area contributed by atoms with E-state index in [0.717, 1.165) is 19.4 Å². The molecule has 1 heterocycles. The number of nitrogens with zero attached hydrogens (tertiary/aromatic N) is 2. The van der Waals surface area contributed by atoms with Gasteiger partial charge in [0.1, 0.15) is 5.41 Å². The second kappa shape index (κ2) is 5.94. The normalized spacial score (nSPS) is 27.5. The Labute approximate surface area is 117 Å². The van der Waals surface area contributed by atoms with Gasteiger partial charge >= 0.3 is 0 Å². The third-order valence-electron chi connectivity index (χ3n) is 5.33. The standard InChI is InChI=1S/C16H26N2O/c1-3-16(4-2,12-17)15(19)18-11-7-9-13-8-5-6-10-14(13)18/h13-14H,3-11H2,1-2H3/t13-,14-/m1/s1.